The standard InChI is InChI=1S/C33H30F6N2O3.ClH/c1-4-23-20-41(19-22-5-15-28(16-6-22)40-30(42)44-21(2)3)18-17-29(23)31(43,24-7-11-26(12-8-24)32(34,35)36)25-9-13-27(14-10-25)33(37,38)39;/h5-18,20-21,43H,4,19H2,1-3H3;1H. The molecule has 240 valence electrons. The Morgan fingerprint density at radius 3 is 1.69 bits per heavy atom. The first-order valence-corrected chi connectivity index (χ1v) is 13.8. The fourth-order valence-corrected chi connectivity index (χ4v) is 4.87. The Labute approximate surface area is 262 Å². The minimum absolute atomic E-state index is 0. The molecule has 5 nitrogen and oxygen atoms in total. The predicted molar refractivity (Wildman–Crippen MR) is 152 cm³/mol. The third-order valence-electron chi connectivity index (χ3n) is 7.04. The fraction of sp³-hybridized carbons (Fsp3) is 0.273. The smallest absolute Gasteiger partial charge is 0.416 e. The van der Waals surface area contributed by atoms with Crippen LogP contribution in [0.4, 0.5) is 36.8 Å². The Hall–Kier alpha value is -4.09. The molecule has 4 rings (SSSR count). The number of pyridine rings is 1. The molecule has 3 aromatic carbocycles. The van der Waals surface area contributed by atoms with Crippen LogP contribution in [0.3, 0.4) is 0 Å². The van der Waals surface area contributed by atoms with Gasteiger partial charge in [0.25, 0.3) is 0 Å². The Balaban J connectivity index is 0.00000552. The average molecular weight is 653 g/mol. The number of carbonyl (C=O) groups is 1. The number of ether oxygens (including phenoxy) is 1. The second-order valence-corrected chi connectivity index (χ2v) is 10.5. The van der Waals surface area contributed by atoms with Crippen LogP contribution in [0.1, 0.15) is 59.7 Å². The first-order chi connectivity index (χ1) is 20.6. The summed E-state index contributed by atoms with van der Waals surface area (Å²) in [6, 6.07) is 16.6. The first kappa shape index (κ1) is 35.4. The molecule has 0 bridgehead atoms. The van der Waals surface area contributed by atoms with Crippen LogP contribution in [0.15, 0.2) is 91.3 Å². The Morgan fingerprint density at radius 2 is 1.27 bits per heavy atom. The van der Waals surface area contributed by atoms with Crippen molar-refractivity contribution in [2.24, 2.45) is 0 Å². The van der Waals surface area contributed by atoms with Crippen molar-refractivity contribution in [2.75, 3.05) is 5.32 Å². The van der Waals surface area contributed by atoms with Crippen molar-refractivity contribution >= 4 is 11.8 Å². The summed E-state index contributed by atoms with van der Waals surface area (Å²) >= 11 is 0. The van der Waals surface area contributed by atoms with Crippen LogP contribution in [-0.4, -0.2) is 17.3 Å². The number of hydrogen-bond donors (Lipinski definition) is 2. The van der Waals surface area contributed by atoms with Crippen LogP contribution in [-0.2, 0) is 35.7 Å². The molecule has 12 heteroatoms. The molecule has 1 amide bonds. The summed E-state index contributed by atoms with van der Waals surface area (Å²) in [5.41, 5.74) is -1.39. The van der Waals surface area contributed by atoms with Crippen molar-refractivity contribution < 1.29 is 58.0 Å². The van der Waals surface area contributed by atoms with E-state index in [2.05, 4.69) is 5.32 Å². The lowest BCUT2D eigenvalue weighted by atomic mass is 9.78. The molecule has 0 aliphatic heterocycles. The normalized spacial score (nSPS) is 12.1. The van der Waals surface area contributed by atoms with Crippen molar-refractivity contribution in [1.82, 2.24) is 0 Å². The van der Waals surface area contributed by atoms with Gasteiger partial charge in [-0.3, -0.25) is 5.32 Å². The number of anilines is 1. The SMILES string of the molecule is CCc1c[n+](Cc2ccc(NC(=O)OC(C)C)cc2)ccc1C(O)(c1ccc(C(F)(F)F)cc1)c1ccc(C(F)(F)F)cc1.[Cl-]. The van der Waals surface area contributed by atoms with E-state index in [0.29, 0.717) is 29.8 Å². The van der Waals surface area contributed by atoms with Gasteiger partial charge < -0.3 is 22.3 Å². The summed E-state index contributed by atoms with van der Waals surface area (Å²) < 4.78 is 86.6. The molecule has 0 spiro atoms. The first-order valence-electron chi connectivity index (χ1n) is 13.8. The second kappa shape index (κ2) is 13.9. The van der Waals surface area contributed by atoms with E-state index in [9.17, 15) is 36.2 Å². The summed E-state index contributed by atoms with van der Waals surface area (Å²) in [5.74, 6) is 0. The lowest BCUT2D eigenvalue weighted by Crippen LogP contribution is -3.00. The Morgan fingerprint density at radius 1 is 0.800 bits per heavy atom. The average Bonchev–Trinajstić information content (AvgIpc) is 2.96. The van der Waals surface area contributed by atoms with E-state index >= 15 is 0 Å². The molecule has 1 heterocycles. The second-order valence-electron chi connectivity index (χ2n) is 10.5. The number of benzene rings is 3. The van der Waals surface area contributed by atoms with Gasteiger partial charge in [-0.2, -0.15) is 26.3 Å². The van der Waals surface area contributed by atoms with Crippen LogP contribution in [0, 0.1) is 0 Å². The number of rotatable bonds is 8. The summed E-state index contributed by atoms with van der Waals surface area (Å²) in [6.07, 6.45) is -6.19. The molecule has 0 aliphatic rings. The molecule has 0 saturated carbocycles. The summed E-state index contributed by atoms with van der Waals surface area (Å²) in [6.45, 7) is 5.72. The Bertz CT molecular complexity index is 1530. The fourth-order valence-electron chi connectivity index (χ4n) is 4.87. The van der Waals surface area contributed by atoms with Crippen molar-refractivity contribution in [3.8, 4) is 0 Å². The highest BCUT2D eigenvalue weighted by Crippen LogP contribution is 2.41. The third kappa shape index (κ3) is 8.34. The maximum Gasteiger partial charge on any atom is 0.416 e. The van der Waals surface area contributed by atoms with Crippen LogP contribution >= 0.6 is 0 Å². The van der Waals surface area contributed by atoms with Gasteiger partial charge in [-0.1, -0.05) is 43.3 Å². The molecule has 4 aromatic rings. The highest BCUT2D eigenvalue weighted by Gasteiger charge is 2.39. The molecule has 0 aliphatic carbocycles. The molecule has 0 fully saturated rings. The molecule has 0 saturated heterocycles. The van der Waals surface area contributed by atoms with E-state index in [-0.39, 0.29) is 29.6 Å². The minimum atomic E-state index is -4.61. The number of aliphatic hydroxyl groups is 1. The van der Waals surface area contributed by atoms with E-state index in [1.807, 2.05) is 23.6 Å². The van der Waals surface area contributed by atoms with E-state index in [0.717, 1.165) is 54.1 Å². The van der Waals surface area contributed by atoms with E-state index < -0.39 is 35.2 Å². The van der Waals surface area contributed by atoms with Gasteiger partial charge in [-0.15, -0.1) is 0 Å². The third-order valence-corrected chi connectivity index (χ3v) is 7.04. The zero-order valence-corrected chi connectivity index (χ0v) is 25.3. The van der Waals surface area contributed by atoms with Gasteiger partial charge in [0, 0.05) is 28.4 Å². The lowest BCUT2D eigenvalue weighted by molar-refractivity contribution is -0.688. The summed E-state index contributed by atoms with van der Waals surface area (Å²) in [5, 5.41) is 14.9. The van der Waals surface area contributed by atoms with Gasteiger partial charge in [-0.25, -0.2) is 9.36 Å². The summed E-state index contributed by atoms with van der Waals surface area (Å²) in [4.78, 5) is 11.9. The maximum absolute atomic E-state index is 13.3. The number of hydrogen-bond acceptors (Lipinski definition) is 3. The predicted octanol–water partition coefficient (Wildman–Crippen LogP) is 4.87. The van der Waals surface area contributed by atoms with Gasteiger partial charge in [-0.05, 0) is 67.8 Å². The Kier molecular flexibility index (Phi) is 10.9. The highest BCUT2D eigenvalue weighted by molar-refractivity contribution is 5.84. The number of amides is 1. The van der Waals surface area contributed by atoms with Crippen LogP contribution in [0.2, 0.25) is 0 Å². The minimum Gasteiger partial charge on any atom is -1.00 e. The van der Waals surface area contributed by atoms with Gasteiger partial charge in [0.15, 0.2) is 18.9 Å². The van der Waals surface area contributed by atoms with Crippen molar-refractivity contribution in [3.63, 3.8) is 0 Å². The number of nitrogens with one attached hydrogen (secondary N) is 1. The van der Waals surface area contributed by atoms with Crippen molar-refractivity contribution in [2.45, 2.75) is 57.8 Å². The number of carbonyl (C=O) groups excluding carboxylic acids is 1. The molecule has 0 radical (unpaired) electrons. The summed E-state index contributed by atoms with van der Waals surface area (Å²) in [7, 11) is 0. The lowest BCUT2D eigenvalue weighted by Gasteiger charge is -2.31. The number of halogens is 7. The van der Waals surface area contributed by atoms with Gasteiger partial charge in [0.2, 0.25) is 0 Å². The zero-order valence-electron chi connectivity index (χ0n) is 24.5. The zero-order chi connectivity index (χ0) is 32.3. The van der Waals surface area contributed by atoms with Crippen LogP contribution in [0.5, 0.6) is 0 Å². The molecular weight excluding hydrogens is 622 g/mol. The van der Waals surface area contributed by atoms with Crippen LogP contribution < -0.4 is 22.3 Å². The maximum atomic E-state index is 13.3. The molecule has 45 heavy (non-hydrogen) atoms. The van der Waals surface area contributed by atoms with Gasteiger partial charge >= 0.3 is 18.4 Å². The van der Waals surface area contributed by atoms with Gasteiger partial charge in [0.05, 0.1) is 17.2 Å². The van der Waals surface area contributed by atoms with Crippen molar-refractivity contribution in [1.29, 1.82) is 0 Å². The molecule has 2 N–H and O–H groups in total. The quantitative estimate of drug-likeness (QED) is 0.211. The number of aryl methyl sites for hydroxylation is 1. The van der Waals surface area contributed by atoms with E-state index in [1.54, 1.807) is 44.4 Å². The van der Waals surface area contributed by atoms with Crippen LogP contribution in [0.25, 0.3) is 0 Å². The number of alkyl halides is 6. The van der Waals surface area contributed by atoms with E-state index in [1.165, 1.54) is 0 Å². The van der Waals surface area contributed by atoms with E-state index in [4.69, 9.17) is 4.74 Å². The molecule has 0 atom stereocenters. The topological polar surface area (TPSA) is 62.4 Å². The van der Waals surface area contributed by atoms with Gasteiger partial charge in [0.1, 0.15) is 5.60 Å². The molecule has 0 unspecified atom stereocenters. The number of nitrogens with zero attached hydrogens (tertiary/aromatic N) is 1. The largest absolute Gasteiger partial charge is 1.00 e. The molecular formula is C33H31ClF6N2O3. The monoisotopic (exact) mass is 652 g/mol. The highest BCUT2D eigenvalue weighted by atomic mass is 35.5. The number of aromatic nitrogens is 1. The molecule has 1 aromatic heterocycles. The van der Waals surface area contributed by atoms with Crippen molar-refractivity contribution in [3.05, 3.63) is 130 Å².